The van der Waals surface area contributed by atoms with Gasteiger partial charge in [-0.15, -0.1) is 0 Å². The summed E-state index contributed by atoms with van der Waals surface area (Å²) in [5.74, 6) is 0.314. The third-order valence-corrected chi connectivity index (χ3v) is 7.02. The molecule has 2 nitrogen and oxygen atoms in total. The number of allylic oxidation sites excluding steroid dienone is 3. The number of hydrogen-bond acceptors (Lipinski definition) is 2. The van der Waals surface area contributed by atoms with Gasteiger partial charge in [-0.05, 0) is 52.6 Å². The topological polar surface area (TPSA) is 22.0 Å². The maximum atomic E-state index is 13.9. The monoisotopic (exact) mass is 427 g/mol. The molecule has 0 saturated carbocycles. The van der Waals surface area contributed by atoms with Crippen LogP contribution < -0.4 is 0 Å². The van der Waals surface area contributed by atoms with E-state index in [1.807, 2.05) is 36.4 Å². The molecule has 0 fully saturated rings. The fourth-order valence-electron chi connectivity index (χ4n) is 4.70. The SMILES string of the molecule is C/C(=C\C=C/S)c1ccc(C(=O)C2(C)Cc3cccn3Cc3ccccc3[C@@H]2C)cc1. The zero-order chi connectivity index (χ0) is 22.0. The summed E-state index contributed by atoms with van der Waals surface area (Å²) in [6, 6.07) is 20.8. The summed E-state index contributed by atoms with van der Waals surface area (Å²) in [6.45, 7) is 7.26. The van der Waals surface area contributed by atoms with Crippen molar-refractivity contribution in [2.45, 2.75) is 39.7 Å². The Morgan fingerprint density at radius 2 is 1.77 bits per heavy atom. The molecule has 0 saturated heterocycles. The van der Waals surface area contributed by atoms with Crippen molar-refractivity contribution in [2.24, 2.45) is 5.41 Å². The van der Waals surface area contributed by atoms with E-state index in [1.54, 1.807) is 5.41 Å². The highest BCUT2D eigenvalue weighted by Crippen LogP contribution is 2.44. The number of benzene rings is 2. The van der Waals surface area contributed by atoms with Gasteiger partial charge in [0.2, 0.25) is 0 Å². The first kappa shape index (κ1) is 21.5. The van der Waals surface area contributed by atoms with E-state index in [2.05, 4.69) is 80.6 Å². The van der Waals surface area contributed by atoms with Crippen LogP contribution in [0.5, 0.6) is 0 Å². The van der Waals surface area contributed by atoms with Crippen LogP contribution in [0.3, 0.4) is 0 Å². The Hall–Kier alpha value is -2.78. The Kier molecular flexibility index (Phi) is 6.06. The molecule has 1 aliphatic rings. The molecule has 2 atom stereocenters. The second kappa shape index (κ2) is 8.76. The molecular formula is C28H29NOS. The summed E-state index contributed by atoms with van der Waals surface area (Å²) in [7, 11) is 0. The van der Waals surface area contributed by atoms with E-state index in [9.17, 15) is 4.79 Å². The van der Waals surface area contributed by atoms with Crippen LogP contribution in [0.1, 0.15) is 59.4 Å². The highest BCUT2D eigenvalue weighted by Gasteiger charge is 2.42. The number of aromatic nitrogens is 1. The van der Waals surface area contributed by atoms with Crippen LogP contribution in [0.15, 0.2) is 84.4 Å². The van der Waals surface area contributed by atoms with Crippen molar-refractivity contribution in [1.82, 2.24) is 4.57 Å². The Labute approximate surface area is 190 Å². The van der Waals surface area contributed by atoms with Crippen LogP contribution in [-0.4, -0.2) is 10.4 Å². The van der Waals surface area contributed by atoms with Crippen molar-refractivity contribution in [3.8, 4) is 0 Å². The summed E-state index contributed by atoms with van der Waals surface area (Å²) in [5.41, 5.74) is 6.26. The van der Waals surface area contributed by atoms with E-state index in [0.717, 1.165) is 29.7 Å². The third kappa shape index (κ3) is 4.07. The van der Waals surface area contributed by atoms with Crippen LogP contribution in [0, 0.1) is 5.41 Å². The molecule has 0 spiro atoms. The van der Waals surface area contributed by atoms with Crippen molar-refractivity contribution < 1.29 is 4.79 Å². The average molecular weight is 428 g/mol. The van der Waals surface area contributed by atoms with Gasteiger partial charge in [-0.25, -0.2) is 0 Å². The van der Waals surface area contributed by atoms with Crippen LogP contribution in [0.25, 0.3) is 5.57 Å². The first-order valence-electron chi connectivity index (χ1n) is 10.8. The number of hydrogen-bond donors (Lipinski definition) is 1. The Bertz CT molecular complexity index is 1150. The van der Waals surface area contributed by atoms with Gasteiger partial charge in [-0.2, -0.15) is 12.6 Å². The Balaban J connectivity index is 1.74. The molecule has 3 heteroatoms. The zero-order valence-corrected chi connectivity index (χ0v) is 19.3. The van der Waals surface area contributed by atoms with Crippen molar-refractivity contribution in [1.29, 1.82) is 0 Å². The maximum absolute atomic E-state index is 13.9. The standard InChI is InChI=1S/C28H29NOS/c1-20(8-7-17-31)22-12-14-23(15-13-22)27(30)28(3)18-25-10-6-16-29(25)19-24-9-4-5-11-26(24)21(28)2/h4-17,21,31H,18-19H2,1-3H3/b17-7-,20-8+/t21-,28?/m0/s1. The molecule has 1 unspecified atom stereocenters. The molecule has 0 aliphatic carbocycles. The first-order chi connectivity index (χ1) is 14.9. The van der Waals surface area contributed by atoms with E-state index < -0.39 is 5.41 Å². The van der Waals surface area contributed by atoms with Crippen molar-refractivity contribution in [3.05, 3.63) is 112 Å². The van der Waals surface area contributed by atoms with E-state index >= 15 is 0 Å². The number of rotatable bonds is 4. The number of carbonyl (C=O) groups is 1. The molecule has 0 radical (unpaired) electrons. The summed E-state index contributed by atoms with van der Waals surface area (Å²) < 4.78 is 2.28. The minimum atomic E-state index is -0.534. The summed E-state index contributed by atoms with van der Waals surface area (Å²) in [5, 5.41) is 1.71. The van der Waals surface area contributed by atoms with Gasteiger partial charge in [0.1, 0.15) is 0 Å². The molecule has 0 N–H and O–H groups in total. The molecule has 1 aromatic heterocycles. The Morgan fingerprint density at radius 3 is 2.52 bits per heavy atom. The van der Waals surface area contributed by atoms with Gasteiger partial charge in [-0.1, -0.05) is 74.5 Å². The van der Waals surface area contributed by atoms with E-state index in [1.165, 1.54) is 16.8 Å². The van der Waals surface area contributed by atoms with Gasteiger partial charge in [0.25, 0.3) is 0 Å². The largest absolute Gasteiger partial charge is 0.347 e. The lowest BCUT2D eigenvalue weighted by atomic mass is 9.66. The van der Waals surface area contributed by atoms with Crippen LogP contribution in [-0.2, 0) is 13.0 Å². The minimum absolute atomic E-state index is 0.113. The number of Topliss-reactive ketones (excluding diaryl/α,β-unsaturated/α-hetero) is 1. The number of fused-ring (bicyclic) bond motifs is 2. The lowest BCUT2D eigenvalue weighted by Crippen LogP contribution is -2.38. The van der Waals surface area contributed by atoms with Gasteiger partial charge in [0.05, 0.1) is 0 Å². The fourth-order valence-corrected chi connectivity index (χ4v) is 4.78. The van der Waals surface area contributed by atoms with Crippen molar-refractivity contribution in [2.75, 3.05) is 0 Å². The molecule has 0 bridgehead atoms. The Morgan fingerprint density at radius 1 is 1.06 bits per heavy atom. The van der Waals surface area contributed by atoms with Gasteiger partial charge >= 0.3 is 0 Å². The minimum Gasteiger partial charge on any atom is -0.347 e. The zero-order valence-electron chi connectivity index (χ0n) is 18.4. The summed E-state index contributed by atoms with van der Waals surface area (Å²) >= 11 is 4.11. The van der Waals surface area contributed by atoms with Crippen molar-refractivity contribution >= 4 is 24.0 Å². The molecule has 2 heterocycles. The predicted octanol–water partition coefficient (Wildman–Crippen LogP) is 6.93. The molecule has 4 rings (SSSR count). The first-order valence-corrected chi connectivity index (χ1v) is 11.3. The van der Waals surface area contributed by atoms with Gasteiger partial charge in [-0.3, -0.25) is 4.79 Å². The molecule has 2 aromatic carbocycles. The summed E-state index contributed by atoms with van der Waals surface area (Å²) in [6.07, 6.45) is 6.77. The van der Waals surface area contributed by atoms with E-state index in [-0.39, 0.29) is 11.7 Å². The second-order valence-corrected chi connectivity index (χ2v) is 9.04. The van der Waals surface area contributed by atoms with E-state index in [0.29, 0.717) is 0 Å². The number of carbonyl (C=O) groups excluding carboxylic acids is 1. The average Bonchev–Trinajstić information content (AvgIpc) is 3.21. The van der Waals surface area contributed by atoms with Crippen LogP contribution in [0.2, 0.25) is 0 Å². The highest BCUT2D eigenvalue weighted by atomic mass is 32.1. The smallest absolute Gasteiger partial charge is 0.169 e. The molecule has 1 aliphatic heterocycles. The van der Waals surface area contributed by atoms with Gasteiger partial charge in [0, 0.05) is 35.8 Å². The number of nitrogens with zero attached hydrogens (tertiary/aromatic N) is 1. The molecule has 0 amide bonds. The maximum Gasteiger partial charge on any atom is 0.169 e. The van der Waals surface area contributed by atoms with Gasteiger partial charge in [0.15, 0.2) is 5.78 Å². The van der Waals surface area contributed by atoms with E-state index in [4.69, 9.17) is 0 Å². The third-order valence-electron chi connectivity index (χ3n) is 6.84. The second-order valence-electron chi connectivity index (χ2n) is 8.74. The number of ketones is 1. The normalized spacial score (nSPS) is 21.3. The highest BCUT2D eigenvalue weighted by molar-refractivity contribution is 7.83. The molecule has 31 heavy (non-hydrogen) atoms. The lowest BCUT2D eigenvalue weighted by molar-refractivity contribution is 0.0773. The predicted molar refractivity (Wildman–Crippen MR) is 133 cm³/mol. The quantitative estimate of drug-likeness (QED) is 0.272. The lowest BCUT2D eigenvalue weighted by Gasteiger charge is -2.38. The fraction of sp³-hybridized carbons (Fsp3) is 0.250. The molecule has 3 aromatic rings. The molecule has 158 valence electrons. The van der Waals surface area contributed by atoms with Gasteiger partial charge < -0.3 is 4.57 Å². The van der Waals surface area contributed by atoms with Crippen LogP contribution in [0.4, 0.5) is 0 Å². The van der Waals surface area contributed by atoms with Crippen LogP contribution >= 0.6 is 12.6 Å². The number of thiol groups is 1. The molecular weight excluding hydrogens is 398 g/mol. The summed E-state index contributed by atoms with van der Waals surface area (Å²) in [4.78, 5) is 13.9. The van der Waals surface area contributed by atoms with Crippen molar-refractivity contribution in [3.63, 3.8) is 0 Å².